The molecule has 4 nitrogen and oxygen atoms in total. The summed E-state index contributed by atoms with van der Waals surface area (Å²) in [5.74, 6) is 0.724. The summed E-state index contributed by atoms with van der Waals surface area (Å²) in [6.45, 7) is 5.56. The van der Waals surface area contributed by atoms with E-state index in [9.17, 15) is 4.79 Å². The summed E-state index contributed by atoms with van der Waals surface area (Å²) in [4.78, 5) is 13.2. The molecule has 1 rings (SSSR count). The van der Waals surface area contributed by atoms with E-state index in [1.807, 2.05) is 13.1 Å². The second-order valence-corrected chi connectivity index (χ2v) is 4.83. The monoisotopic (exact) mass is 265 g/mol. The molecule has 0 aliphatic rings. The van der Waals surface area contributed by atoms with Gasteiger partial charge in [-0.05, 0) is 38.1 Å². The predicted octanol–water partition coefficient (Wildman–Crippen LogP) is 2.31. The van der Waals surface area contributed by atoms with Crippen molar-refractivity contribution < 1.29 is 14.3 Å². The number of hydrogen-bond donors (Lipinski definition) is 0. The molecule has 4 heteroatoms. The van der Waals surface area contributed by atoms with Crippen molar-refractivity contribution >= 4 is 5.97 Å². The number of rotatable bonds is 6. The van der Waals surface area contributed by atoms with Crippen molar-refractivity contribution in [3.63, 3.8) is 0 Å². The smallest absolute Gasteiger partial charge is 0.306 e. The fraction of sp³-hybridized carbons (Fsp3) is 0.533. The van der Waals surface area contributed by atoms with Crippen LogP contribution in [-0.4, -0.2) is 38.7 Å². The molecule has 0 fully saturated rings. The van der Waals surface area contributed by atoms with E-state index in [0.29, 0.717) is 13.0 Å². The van der Waals surface area contributed by atoms with Crippen LogP contribution < -0.4 is 4.74 Å². The Labute approximate surface area is 115 Å². The molecule has 0 aliphatic heterocycles. The summed E-state index contributed by atoms with van der Waals surface area (Å²) in [6.07, 6.45) is 0.403. The van der Waals surface area contributed by atoms with Gasteiger partial charge in [-0.25, -0.2) is 0 Å². The first-order valence-corrected chi connectivity index (χ1v) is 6.37. The summed E-state index contributed by atoms with van der Waals surface area (Å²) in [5.41, 5.74) is 3.57. The topological polar surface area (TPSA) is 38.8 Å². The Morgan fingerprint density at radius 1 is 1.26 bits per heavy atom. The number of methoxy groups -OCH3 is 2. The van der Waals surface area contributed by atoms with Gasteiger partial charge in [-0.3, -0.25) is 4.79 Å². The van der Waals surface area contributed by atoms with Crippen molar-refractivity contribution in [1.82, 2.24) is 4.90 Å². The van der Waals surface area contributed by atoms with Crippen molar-refractivity contribution in [2.75, 3.05) is 27.8 Å². The number of aryl methyl sites for hydroxylation is 2. The largest absolute Gasteiger partial charge is 0.496 e. The number of esters is 1. The average molecular weight is 265 g/mol. The van der Waals surface area contributed by atoms with Crippen molar-refractivity contribution in [2.24, 2.45) is 0 Å². The number of carbonyl (C=O) groups is 1. The lowest BCUT2D eigenvalue weighted by molar-refractivity contribution is -0.140. The zero-order valence-electron chi connectivity index (χ0n) is 12.4. The highest BCUT2D eigenvalue weighted by molar-refractivity contribution is 5.69. The number of carbonyl (C=O) groups excluding carboxylic acids is 1. The van der Waals surface area contributed by atoms with Gasteiger partial charge in [-0.1, -0.05) is 6.07 Å². The zero-order valence-corrected chi connectivity index (χ0v) is 12.4. The van der Waals surface area contributed by atoms with E-state index >= 15 is 0 Å². The molecule has 0 saturated heterocycles. The minimum absolute atomic E-state index is 0.181. The number of ether oxygens (including phenoxy) is 2. The van der Waals surface area contributed by atoms with Crippen LogP contribution in [0.2, 0.25) is 0 Å². The zero-order chi connectivity index (χ0) is 14.4. The molecular weight excluding hydrogens is 242 g/mol. The Morgan fingerprint density at radius 3 is 2.53 bits per heavy atom. The number of benzene rings is 1. The Bertz CT molecular complexity index is 443. The molecule has 19 heavy (non-hydrogen) atoms. The third-order valence-corrected chi connectivity index (χ3v) is 3.15. The fourth-order valence-corrected chi connectivity index (χ4v) is 2.08. The predicted molar refractivity (Wildman–Crippen MR) is 75.4 cm³/mol. The quantitative estimate of drug-likeness (QED) is 0.740. The van der Waals surface area contributed by atoms with E-state index in [1.165, 1.54) is 23.8 Å². The molecule has 0 atom stereocenters. The maximum Gasteiger partial charge on any atom is 0.306 e. The summed E-state index contributed by atoms with van der Waals surface area (Å²) in [7, 11) is 5.09. The highest BCUT2D eigenvalue weighted by Crippen LogP contribution is 2.25. The van der Waals surface area contributed by atoms with Gasteiger partial charge in [-0.2, -0.15) is 0 Å². The minimum Gasteiger partial charge on any atom is -0.496 e. The second-order valence-electron chi connectivity index (χ2n) is 4.83. The first-order valence-electron chi connectivity index (χ1n) is 6.37. The third kappa shape index (κ3) is 4.56. The van der Waals surface area contributed by atoms with Gasteiger partial charge in [0, 0.05) is 18.7 Å². The van der Waals surface area contributed by atoms with E-state index in [0.717, 1.165) is 12.3 Å². The summed E-state index contributed by atoms with van der Waals surface area (Å²) < 4.78 is 10.1. The van der Waals surface area contributed by atoms with Gasteiger partial charge in [-0.15, -0.1) is 0 Å². The second kappa shape index (κ2) is 7.14. The first kappa shape index (κ1) is 15.5. The van der Waals surface area contributed by atoms with Crippen LogP contribution in [0.15, 0.2) is 12.1 Å². The molecule has 106 valence electrons. The highest BCUT2D eigenvalue weighted by atomic mass is 16.5. The lowest BCUT2D eigenvalue weighted by atomic mass is 10.0. The summed E-state index contributed by atoms with van der Waals surface area (Å²) in [5, 5.41) is 0. The van der Waals surface area contributed by atoms with Crippen molar-refractivity contribution in [3.05, 3.63) is 28.8 Å². The van der Waals surface area contributed by atoms with Gasteiger partial charge >= 0.3 is 5.97 Å². The van der Waals surface area contributed by atoms with Crippen LogP contribution in [0, 0.1) is 13.8 Å². The van der Waals surface area contributed by atoms with Gasteiger partial charge in [0.1, 0.15) is 5.75 Å². The van der Waals surface area contributed by atoms with E-state index in [1.54, 1.807) is 7.11 Å². The van der Waals surface area contributed by atoms with E-state index < -0.39 is 0 Å². The molecule has 0 aromatic heterocycles. The van der Waals surface area contributed by atoms with E-state index in [2.05, 4.69) is 29.6 Å². The van der Waals surface area contributed by atoms with Crippen LogP contribution in [-0.2, 0) is 16.1 Å². The molecule has 0 spiro atoms. The molecule has 0 unspecified atom stereocenters. The molecule has 0 N–H and O–H groups in total. The molecule has 0 amide bonds. The molecule has 0 heterocycles. The molecule has 0 radical (unpaired) electrons. The van der Waals surface area contributed by atoms with Gasteiger partial charge in [0.15, 0.2) is 0 Å². The molecule has 0 saturated carbocycles. The van der Waals surface area contributed by atoms with Crippen molar-refractivity contribution in [1.29, 1.82) is 0 Å². The van der Waals surface area contributed by atoms with Gasteiger partial charge in [0.2, 0.25) is 0 Å². The van der Waals surface area contributed by atoms with E-state index in [-0.39, 0.29) is 5.97 Å². The summed E-state index contributed by atoms with van der Waals surface area (Å²) in [6, 6.07) is 4.18. The Morgan fingerprint density at radius 2 is 1.95 bits per heavy atom. The number of hydrogen-bond acceptors (Lipinski definition) is 4. The minimum atomic E-state index is -0.181. The van der Waals surface area contributed by atoms with Gasteiger partial charge < -0.3 is 14.4 Å². The van der Waals surface area contributed by atoms with Crippen LogP contribution in [0.1, 0.15) is 23.1 Å². The van der Waals surface area contributed by atoms with Gasteiger partial charge in [0.25, 0.3) is 0 Å². The van der Waals surface area contributed by atoms with Crippen LogP contribution >= 0.6 is 0 Å². The first-order chi connectivity index (χ1) is 8.97. The van der Waals surface area contributed by atoms with Crippen LogP contribution in [0.25, 0.3) is 0 Å². The molecular formula is C15H23NO3. The Kier molecular flexibility index (Phi) is 5.83. The SMILES string of the molecule is COC(=O)CCN(C)Cc1c(C)cc(C)cc1OC. The maximum absolute atomic E-state index is 11.1. The average Bonchev–Trinajstić information content (AvgIpc) is 2.38. The molecule has 1 aromatic rings. The Balaban J connectivity index is 2.73. The summed E-state index contributed by atoms with van der Waals surface area (Å²) >= 11 is 0. The Hall–Kier alpha value is -1.55. The molecule has 1 aromatic carbocycles. The third-order valence-electron chi connectivity index (χ3n) is 3.15. The maximum atomic E-state index is 11.1. The van der Waals surface area contributed by atoms with Crippen LogP contribution in [0.3, 0.4) is 0 Å². The van der Waals surface area contributed by atoms with E-state index in [4.69, 9.17) is 4.74 Å². The number of nitrogens with zero attached hydrogens (tertiary/aromatic N) is 1. The van der Waals surface area contributed by atoms with Crippen molar-refractivity contribution in [3.8, 4) is 5.75 Å². The van der Waals surface area contributed by atoms with Crippen LogP contribution in [0.5, 0.6) is 5.75 Å². The lowest BCUT2D eigenvalue weighted by Gasteiger charge is -2.20. The lowest BCUT2D eigenvalue weighted by Crippen LogP contribution is -2.22. The van der Waals surface area contributed by atoms with Crippen LogP contribution in [0.4, 0.5) is 0 Å². The standard InChI is InChI=1S/C15H23NO3/c1-11-8-12(2)13(14(9-11)18-4)10-16(3)7-6-15(17)19-5/h8-9H,6-7,10H2,1-5H3. The molecule has 0 bridgehead atoms. The van der Waals surface area contributed by atoms with Gasteiger partial charge in [0.05, 0.1) is 20.6 Å². The van der Waals surface area contributed by atoms with Crippen molar-refractivity contribution in [2.45, 2.75) is 26.8 Å². The molecule has 0 aliphatic carbocycles. The normalized spacial score (nSPS) is 10.6. The fourth-order valence-electron chi connectivity index (χ4n) is 2.08. The highest BCUT2D eigenvalue weighted by Gasteiger charge is 2.11.